The summed E-state index contributed by atoms with van der Waals surface area (Å²) in [6, 6.07) is 7.88. The molecule has 0 radical (unpaired) electrons. The Labute approximate surface area is 110 Å². The molecule has 0 bridgehead atoms. The first-order chi connectivity index (χ1) is 9.08. The number of benzene rings is 1. The third-order valence-corrected chi connectivity index (χ3v) is 2.99. The molecule has 2 N–H and O–H groups in total. The van der Waals surface area contributed by atoms with Gasteiger partial charge in [-0.3, -0.25) is 9.59 Å². The molecular weight excluding hydrogens is 244 g/mol. The molecular formula is C14H16N2O3. The van der Waals surface area contributed by atoms with Gasteiger partial charge in [-0.05, 0) is 11.6 Å². The van der Waals surface area contributed by atoms with Crippen molar-refractivity contribution in [3.63, 3.8) is 0 Å². The van der Waals surface area contributed by atoms with Crippen molar-refractivity contribution in [2.45, 2.75) is 12.8 Å². The normalized spacial score (nSPS) is 10.6. The number of fused-ring (bicyclic) bond motifs is 1. The lowest BCUT2D eigenvalue weighted by Crippen LogP contribution is -2.27. The van der Waals surface area contributed by atoms with Crippen LogP contribution in [0.4, 0.5) is 0 Å². The zero-order valence-corrected chi connectivity index (χ0v) is 10.7. The zero-order chi connectivity index (χ0) is 13.8. The molecule has 0 aliphatic heterocycles. The summed E-state index contributed by atoms with van der Waals surface area (Å²) in [4.78, 5) is 22.1. The highest BCUT2D eigenvalue weighted by atomic mass is 16.4. The summed E-state index contributed by atoms with van der Waals surface area (Å²) >= 11 is 0. The summed E-state index contributed by atoms with van der Waals surface area (Å²) in [5.41, 5.74) is 2.03. The van der Waals surface area contributed by atoms with Gasteiger partial charge in [0.25, 0.3) is 0 Å². The van der Waals surface area contributed by atoms with Crippen LogP contribution in [0.3, 0.4) is 0 Å². The molecule has 0 fully saturated rings. The van der Waals surface area contributed by atoms with Crippen LogP contribution < -0.4 is 5.32 Å². The van der Waals surface area contributed by atoms with Crippen LogP contribution in [-0.2, 0) is 23.1 Å². The van der Waals surface area contributed by atoms with Crippen molar-refractivity contribution >= 4 is 22.8 Å². The minimum absolute atomic E-state index is 0.0543. The van der Waals surface area contributed by atoms with Crippen molar-refractivity contribution in [1.82, 2.24) is 9.88 Å². The van der Waals surface area contributed by atoms with Gasteiger partial charge in [-0.25, -0.2) is 0 Å². The number of carboxylic acids is 1. The molecule has 100 valence electrons. The van der Waals surface area contributed by atoms with Gasteiger partial charge in [0.05, 0.1) is 12.8 Å². The van der Waals surface area contributed by atoms with Crippen LogP contribution in [-0.4, -0.2) is 28.1 Å². The van der Waals surface area contributed by atoms with Crippen LogP contribution >= 0.6 is 0 Å². The molecule has 1 aromatic heterocycles. The van der Waals surface area contributed by atoms with Gasteiger partial charge in [-0.2, -0.15) is 0 Å². The van der Waals surface area contributed by atoms with E-state index in [9.17, 15) is 9.59 Å². The number of nitrogens with zero attached hydrogens (tertiary/aromatic N) is 1. The second-order valence-corrected chi connectivity index (χ2v) is 4.45. The summed E-state index contributed by atoms with van der Waals surface area (Å²) in [5.74, 6) is -1.07. The molecule has 1 heterocycles. The van der Waals surface area contributed by atoms with Gasteiger partial charge in [-0.1, -0.05) is 18.2 Å². The van der Waals surface area contributed by atoms with Gasteiger partial charge < -0.3 is 15.0 Å². The van der Waals surface area contributed by atoms with Gasteiger partial charge in [0.15, 0.2) is 0 Å². The zero-order valence-electron chi connectivity index (χ0n) is 10.7. The lowest BCUT2D eigenvalue weighted by atomic mass is 10.1. The van der Waals surface area contributed by atoms with Crippen LogP contribution in [0, 0.1) is 0 Å². The molecule has 1 aromatic carbocycles. The number of carboxylic acid groups (broad SMARTS) is 1. The summed E-state index contributed by atoms with van der Waals surface area (Å²) in [5, 5.41) is 12.2. The van der Waals surface area contributed by atoms with Crippen LogP contribution in [0.15, 0.2) is 30.5 Å². The third kappa shape index (κ3) is 3.13. The van der Waals surface area contributed by atoms with E-state index in [1.807, 2.05) is 42.1 Å². The molecule has 0 aliphatic carbocycles. The first kappa shape index (κ1) is 13.1. The summed E-state index contributed by atoms with van der Waals surface area (Å²) in [6.07, 6.45) is 2.14. The monoisotopic (exact) mass is 260 g/mol. The van der Waals surface area contributed by atoms with Gasteiger partial charge in [0, 0.05) is 30.7 Å². The highest BCUT2D eigenvalue weighted by Crippen LogP contribution is 2.20. The van der Waals surface area contributed by atoms with Gasteiger partial charge in [0.1, 0.15) is 0 Å². The summed E-state index contributed by atoms with van der Waals surface area (Å²) < 4.78 is 1.98. The summed E-state index contributed by atoms with van der Waals surface area (Å²) in [6.45, 7) is 0.166. The maximum absolute atomic E-state index is 11.7. The van der Waals surface area contributed by atoms with Crippen molar-refractivity contribution in [2.24, 2.45) is 7.05 Å². The van der Waals surface area contributed by atoms with E-state index in [2.05, 4.69) is 5.32 Å². The van der Waals surface area contributed by atoms with E-state index in [0.29, 0.717) is 0 Å². The minimum atomic E-state index is -0.912. The second kappa shape index (κ2) is 5.56. The Balaban J connectivity index is 2.05. The van der Waals surface area contributed by atoms with Crippen molar-refractivity contribution in [3.8, 4) is 0 Å². The predicted octanol–water partition coefficient (Wildman–Crippen LogP) is 1.31. The van der Waals surface area contributed by atoms with E-state index in [4.69, 9.17) is 5.11 Å². The molecule has 2 aromatic rings. The highest BCUT2D eigenvalue weighted by Gasteiger charge is 2.10. The lowest BCUT2D eigenvalue weighted by molar-refractivity contribution is -0.136. The van der Waals surface area contributed by atoms with Gasteiger partial charge in [-0.15, -0.1) is 0 Å². The fraction of sp³-hybridized carbons (Fsp3) is 0.286. The number of carbonyl (C=O) groups excluding carboxylic acids is 1. The predicted molar refractivity (Wildman–Crippen MR) is 71.9 cm³/mol. The molecule has 1 amide bonds. The number of nitrogens with one attached hydrogen (secondary N) is 1. The molecule has 0 saturated carbocycles. The van der Waals surface area contributed by atoms with E-state index in [1.54, 1.807) is 0 Å². The van der Waals surface area contributed by atoms with Crippen LogP contribution in [0.25, 0.3) is 10.9 Å². The maximum atomic E-state index is 11.7. The first-order valence-electron chi connectivity index (χ1n) is 6.09. The fourth-order valence-electron chi connectivity index (χ4n) is 2.11. The lowest BCUT2D eigenvalue weighted by Gasteiger charge is -2.02. The standard InChI is InChI=1S/C14H16N2O3/c1-16-9-10(11-4-2-3-5-12(11)16)8-13(17)15-7-6-14(18)19/h2-5,9H,6-8H2,1H3,(H,15,17)(H,18,19). The number of aliphatic carboxylic acids is 1. The molecule has 0 saturated heterocycles. The Morgan fingerprint density at radius 3 is 2.79 bits per heavy atom. The maximum Gasteiger partial charge on any atom is 0.305 e. The number of carbonyl (C=O) groups is 2. The molecule has 0 aliphatic rings. The van der Waals surface area contributed by atoms with E-state index >= 15 is 0 Å². The molecule has 0 unspecified atom stereocenters. The fourth-order valence-corrected chi connectivity index (χ4v) is 2.11. The number of hydrogen-bond donors (Lipinski definition) is 2. The van der Waals surface area contributed by atoms with Crippen molar-refractivity contribution in [3.05, 3.63) is 36.0 Å². The number of hydrogen-bond acceptors (Lipinski definition) is 2. The van der Waals surface area contributed by atoms with Gasteiger partial charge in [0.2, 0.25) is 5.91 Å². The molecule has 19 heavy (non-hydrogen) atoms. The molecule has 0 spiro atoms. The topological polar surface area (TPSA) is 71.3 Å². The van der Waals surface area contributed by atoms with Gasteiger partial charge >= 0.3 is 5.97 Å². The number of rotatable bonds is 5. The number of para-hydroxylation sites is 1. The van der Waals surface area contributed by atoms with E-state index < -0.39 is 5.97 Å². The molecule has 0 atom stereocenters. The Morgan fingerprint density at radius 1 is 1.32 bits per heavy atom. The SMILES string of the molecule is Cn1cc(CC(=O)NCCC(=O)O)c2ccccc21. The Hall–Kier alpha value is -2.30. The van der Waals surface area contributed by atoms with E-state index in [1.165, 1.54) is 0 Å². The quantitative estimate of drug-likeness (QED) is 0.851. The van der Waals surface area contributed by atoms with Crippen molar-refractivity contribution in [2.75, 3.05) is 6.54 Å². The van der Waals surface area contributed by atoms with Crippen molar-refractivity contribution < 1.29 is 14.7 Å². The van der Waals surface area contributed by atoms with Crippen LogP contribution in [0.2, 0.25) is 0 Å². The molecule has 5 heteroatoms. The highest BCUT2D eigenvalue weighted by molar-refractivity contribution is 5.89. The third-order valence-electron chi connectivity index (χ3n) is 2.99. The largest absolute Gasteiger partial charge is 0.481 e. The Bertz CT molecular complexity index is 616. The average Bonchev–Trinajstić information content (AvgIpc) is 2.66. The number of amides is 1. The second-order valence-electron chi connectivity index (χ2n) is 4.45. The first-order valence-corrected chi connectivity index (χ1v) is 6.09. The van der Waals surface area contributed by atoms with E-state index in [-0.39, 0.29) is 25.3 Å². The minimum Gasteiger partial charge on any atom is -0.481 e. The van der Waals surface area contributed by atoms with Crippen LogP contribution in [0.1, 0.15) is 12.0 Å². The summed E-state index contributed by atoms with van der Waals surface area (Å²) in [7, 11) is 1.94. The smallest absolute Gasteiger partial charge is 0.305 e. The number of aryl methyl sites for hydroxylation is 1. The Morgan fingerprint density at radius 2 is 2.05 bits per heavy atom. The Kier molecular flexibility index (Phi) is 3.85. The van der Waals surface area contributed by atoms with E-state index in [0.717, 1.165) is 16.5 Å². The average molecular weight is 260 g/mol. The van der Waals surface area contributed by atoms with Crippen molar-refractivity contribution in [1.29, 1.82) is 0 Å². The van der Waals surface area contributed by atoms with Crippen LogP contribution in [0.5, 0.6) is 0 Å². The number of aromatic nitrogens is 1. The molecule has 2 rings (SSSR count). The molecule has 5 nitrogen and oxygen atoms in total.